The Bertz CT molecular complexity index is 346. The van der Waals surface area contributed by atoms with Crippen LogP contribution in [0.3, 0.4) is 0 Å². The number of ether oxygens (including phenoxy) is 1. The lowest BCUT2D eigenvalue weighted by Crippen LogP contribution is -2.21. The van der Waals surface area contributed by atoms with Crippen molar-refractivity contribution in [2.24, 2.45) is 0 Å². The minimum Gasteiger partial charge on any atom is -0.382 e. The SMILES string of the molecule is CCOCCCNC(C)c1ccc(Cl)c(F)c1. The summed E-state index contributed by atoms with van der Waals surface area (Å²) in [7, 11) is 0. The quantitative estimate of drug-likeness (QED) is 0.756. The first-order valence-corrected chi connectivity index (χ1v) is 6.29. The number of rotatable bonds is 7. The first kappa shape index (κ1) is 14.4. The van der Waals surface area contributed by atoms with Crippen molar-refractivity contribution in [3.05, 3.63) is 34.6 Å². The van der Waals surface area contributed by atoms with Crippen LogP contribution in [0.5, 0.6) is 0 Å². The van der Waals surface area contributed by atoms with Crippen LogP contribution in [-0.2, 0) is 4.74 Å². The summed E-state index contributed by atoms with van der Waals surface area (Å²) in [6.07, 6.45) is 0.953. The van der Waals surface area contributed by atoms with E-state index in [4.69, 9.17) is 16.3 Å². The van der Waals surface area contributed by atoms with Crippen LogP contribution in [0.2, 0.25) is 5.02 Å². The third-order valence-electron chi connectivity index (χ3n) is 2.56. The van der Waals surface area contributed by atoms with Crippen molar-refractivity contribution < 1.29 is 9.13 Å². The van der Waals surface area contributed by atoms with E-state index in [0.29, 0.717) is 0 Å². The van der Waals surface area contributed by atoms with E-state index in [-0.39, 0.29) is 16.9 Å². The van der Waals surface area contributed by atoms with Crippen LogP contribution in [0.1, 0.15) is 31.9 Å². The van der Waals surface area contributed by atoms with Crippen molar-refractivity contribution in [3.63, 3.8) is 0 Å². The number of halogens is 2. The summed E-state index contributed by atoms with van der Waals surface area (Å²) in [5.74, 6) is -0.368. The molecular weight excluding hydrogens is 241 g/mol. The summed E-state index contributed by atoms with van der Waals surface area (Å²) in [4.78, 5) is 0. The molecule has 0 radical (unpaired) electrons. The molecule has 0 heterocycles. The smallest absolute Gasteiger partial charge is 0.142 e. The van der Waals surface area contributed by atoms with Crippen molar-refractivity contribution in [3.8, 4) is 0 Å². The molecule has 0 bridgehead atoms. The van der Waals surface area contributed by atoms with Gasteiger partial charge in [0, 0.05) is 19.3 Å². The van der Waals surface area contributed by atoms with E-state index in [2.05, 4.69) is 5.32 Å². The molecule has 1 N–H and O–H groups in total. The maximum atomic E-state index is 13.2. The fourth-order valence-corrected chi connectivity index (χ4v) is 1.65. The molecule has 2 nitrogen and oxygen atoms in total. The van der Waals surface area contributed by atoms with Crippen LogP contribution in [0.15, 0.2) is 18.2 Å². The van der Waals surface area contributed by atoms with Crippen LogP contribution < -0.4 is 5.32 Å². The molecule has 0 spiro atoms. The molecule has 0 aliphatic heterocycles. The minimum absolute atomic E-state index is 0.114. The molecule has 1 rings (SSSR count). The molecular formula is C13H19ClFNO. The van der Waals surface area contributed by atoms with Gasteiger partial charge >= 0.3 is 0 Å². The lowest BCUT2D eigenvalue weighted by Gasteiger charge is -2.14. The maximum Gasteiger partial charge on any atom is 0.142 e. The van der Waals surface area contributed by atoms with Crippen LogP contribution in [0.4, 0.5) is 4.39 Å². The zero-order valence-electron chi connectivity index (χ0n) is 10.3. The Morgan fingerprint density at radius 3 is 2.88 bits per heavy atom. The normalized spacial score (nSPS) is 12.7. The average molecular weight is 260 g/mol. The zero-order valence-corrected chi connectivity index (χ0v) is 11.1. The fourth-order valence-electron chi connectivity index (χ4n) is 1.54. The van der Waals surface area contributed by atoms with Gasteiger partial charge in [0.2, 0.25) is 0 Å². The van der Waals surface area contributed by atoms with Crippen LogP contribution in [0.25, 0.3) is 0 Å². The highest BCUT2D eigenvalue weighted by Gasteiger charge is 2.07. The fraction of sp³-hybridized carbons (Fsp3) is 0.538. The first-order chi connectivity index (χ1) is 8.15. The molecule has 1 unspecified atom stereocenters. The molecule has 0 fully saturated rings. The highest BCUT2D eigenvalue weighted by molar-refractivity contribution is 6.30. The predicted molar refractivity (Wildman–Crippen MR) is 68.9 cm³/mol. The molecule has 1 aromatic carbocycles. The van der Waals surface area contributed by atoms with E-state index < -0.39 is 0 Å². The van der Waals surface area contributed by atoms with Gasteiger partial charge in [-0.25, -0.2) is 4.39 Å². The van der Waals surface area contributed by atoms with Crippen LogP contribution in [-0.4, -0.2) is 19.8 Å². The van der Waals surface area contributed by atoms with Crippen LogP contribution >= 0.6 is 11.6 Å². The van der Waals surface area contributed by atoms with Gasteiger partial charge in [-0.1, -0.05) is 17.7 Å². The second kappa shape index (κ2) is 7.64. The molecule has 96 valence electrons. The minimum atomic E-state index is -0.368. The summed E-state index contributed by atoms with van der Waals surface area (Å²) in [5.41, 5.74) is 0.906. The molecule has 0 amide bonds. The molecule has 0 saturated carbocycles. The highest BCUT2D eigenvalue weighted by Crippen LogP contribution is 2.19. The predicted octanol–water partition coefficient (Wildman–Crippen LogP) is 3.56. The van der Waals surface area contributed by atoms with E-state index in [0.717, 1.165) is 31.7 Å². The van der Waals surface area contributed by atoms with Gasteiger partial charge in [-0.2, -0.15) is 0 Å². The molecule has 0 aliphatic rings. The molecule has 0 aromatic heterocycles. The molecule has 0 saturated heterocycles. The van der Waals surface area contributed by atoms with Gasteiger partial charge in [0.15, 0.2) is 0 Å². The van der Waals surface area contributed by atoms with Crippen LogP contribution in [0, 0.1) is 5.82 Å². The van der Waals surface area contributed by atoms with E-state index in [1.54, 1.807) is 6.07 Å². The Morgan fingerprint density at radius 2 is 2.24 bits per heavy atom. The lowest BCUT2D eigenvalue weighted by atomic mass is 10.1. The maximum absolute atomic E-state index is 13.2. The highest BCUT2D eigenvalue weighted by atomic mass is 35.5. The Balaban J connectivity index is 2.36. The third-order valence-corrected chi connectivity index (χ3v) is 2.87. The Hall–Kier alpha value is -0.640. The number of hydrogen-bond donors (Lipinski definition) is 1. The van der Waals surface area contributed by atoms with Gasteiger partial charge in [0.25, 0.3) is 0 Å². The second-order valence-electron chi connectivity index (χ2n) is 3.90. The lowest BCUT2D eigenvalue weighted by molar-refractivity contribution is 0.144. The van der Waals surface area contributed by atoms with E-state index in [1.807, 2.05) is 19.9 Å². The average Bonchev–Trinajstić information content (AvgIpc) is 2.32. The van der Waals surface area contributed by atoms with Gasteiger partial charge in [-0.05, 0) is 44.5 Å². The molecule has 0 aliphatic carbocycles. The van der Waals surface area contributed by atoms with Gasteiger partial charge < -0.3 is 10.1 Å². The van der Waals surface area contributed by atoms with Crippen molar-refractivity contribution in [2.75, 3.05) is 19.8 Å². The Morgan fingerprint density at radius 1 is 1.47 bits per heavy atom. The van der Waals surface area contributed by atoms with Crippen molar-refractivity contribution in [1.82, 2.24) is 5.32 Å². The van der Waals surface area contributed by atoms with E-state index in [1.165, 1.54) is 6.07 Å². The third kappa shape index (κ3) is 5.02. The second-order valence-corrected chi connectivity index (χ2v) is 4.31. The summed E-state index contributed by atoms with van der Waals surface area (Å²) in [6.45, 7) is 6.34. The van der Waals surface area contributed by atoms with Crippen molar-refractivity contribution in [1.29, 1.82) is 0 Å². The monoisotopic (exact) mass is 259 g/mol. The van der Waals surface area contributed by atoms with Crippen molar-refractivity contribution in [2.45, 2.75) is 26.3 Å². The summed E-state index contributed by atoms with van der Waals surface area (Å²) < 4.78 is 18.5. The molecule has 17 heavy (non-hydrogen) atoms. The summed E-state index contributed by atoms with van der Waals surface area (Å²) in [5, 5.41) is 3.48. The van der Waals surface area contributed by atoms with Gasteiger partial charge in [0.1, 0.15) is 5.82 Å². The number of nitrogens with one attached hydrogen (secondary N) is 1. The Kier molecular flexibility index (Phi) is 6.48. The van der Waals surface area contributed by atoms with Gasteiger partial charge in [-0.3, -0.25) is 0 Å². The molecule has 4 heteroatoms. The Labute approximate surface area is 107 Å². The first-order valence-electron chi connectivity index (χ1n) is 5.91. The van der Waals surface area contributed by atoms with Gasteiger partial charge in [-0.15, -0.1) is 0 Å². The standard InChI is InChI=1S/C13H19ClFNO/c1-3-17-8-4-7-16-10(2)11-5-6-12(14)13(15)9-11/h5-6,9-10,16H,3-4,7-8H2,1-2H3. The van der Waals surface area contributed by atoms with Gasteiger partial charge in [0.05, 0.1) is 5.02 Å². The zero-order chi connectivity index (χ0) is 12.7. The number of benzene rings is 1. The largest absolute Gasteiger partial charge is 0.382 e. The topological polar surface area (TPSA) is 21.3 Å². The van der Waals surface area contributed by atoms with Crippen molar-refractivity contribution >= 4 is 11.6 Å². The molecule has 1 atom stereocenters. The summed E-state index contributed by atoms with van der Waals surface area (Å²) in [6, 6.07) is 5.02. The molecule has 1 aromatic rings. The summed E-state index contributed by atoms with van der Waals surface area (Å²) >= 11 is 5.63. The van der Waals surface area contributed by atoms with E-state index in [9.17, 15) is 4.39 Å². The number of hydrogen-bond acceptors (Lipinski definition) is 2. The van der Waals surface area contributed by atoms with E-state index >= 15 is 0 Å².